The first-order chi connectivity index (χ1) is 12.8. The quantitative estimate of drug-likeness (QED) is 0.449. The van der Waals surface area contributed by atoms with Gasteiger partial charge in [0.15, 0.2) is 0 Å². The molecule has 1 fully saturated rings. The van der Waals surface area contributed by atoms with Crippen LogP contribution in [-0.4, -0.2) is 36.7 Å². The second-order valence-corrected chi connectivity index (χ2v) is 11.0. The third kappa shape index (κ3) is 7.68. The van der Waals surface area contributed by atoms with Gasteiger partial charge in [-0.05, 0) is 50.3 Å². The largest absolute Gasteiger partial charge is 0.391 e. The zero-order chi connectivity index (χ0) is 19.9. The van der Waals surface area contributed by atoms with E-state index in [2.05, 4.69) is 5.32 Å². The van der Waals surface area contributed by atoms with Crippen molar-refractivity contribution in [3.8, 4) is 0 Å². The van der Waals surface area contributed by atoms with Crippen molar-refractivity contribution >= 4 is 30.6 Å². The second-order valence-electron chi connectivity index (χ2n) is 7.56. The summed E-state index contributed by atoms with van der Waals surface area (Å²) in [6, 6.07) is 5.50. The van der Waals surface area contributed by atoms with Crippen LogP contribution in [0, 0.1) is 5.92 Å². The summed E-state index contributed by atoms with van der Waals surface area (Å²) in [4.78, 5) is 0. The van der Waals surface area contributed by atoms with Crippen molar-refractivity contribution in [2.75, 3.05) is 25.5 Å². The summed E-state index contributed by atoms with van der Waals surface area (Å²) in [5, 5.41) is 14.8. The molecular weight excluding hydrogens is 404 g/mol. The molecule has 2 unspecified atom stereocenters. The molecule has 7 heteroatoms. The van der Waals surface area contributed by atoms with Crippen molar-refractivity contribution in [2.24, 2.45) is 5.92 Å². The maximum atomic E-state index is 13.2. The van der Waals surface area contributed by atoms with Gasteiger partial charge in [0.05, 0.1) is 28.9 Å². The fourth-order valence-electron chi connectivity index (χ4n) is 3.78. The van der Waals surface area contributed by atoms with Gasteiger partial charge in [0.25, 0.3) is 0 Å². The summed E-state index contributed by atoms with van der Waals surface area (Å²) in [6.45, 7) is 4.63. The highest BCUT2D eigenvalue weighted by atomic mass is 35.5. The minimum absolute atomic E-state index is 0.000704. The zero-order valence-electron chi connectivity index (χ0n) is 16.3. The predicted molar refractivity (Wildman–Crippen MR) is 114 cm³/mol. The van der Waals surface area contributed by atoms with Crippen LogP contribution < -0.4 is 5.32 Å². The van der Waals surface area contributed by atoms with Crippen molar-refractivity contribution in [1.29, 1.82) is 0 Å². The average Bonchev–Trinajstić information content (AvgIpc) is 2.62. The number of nitrogens with one attached hydrogen (secondary N) is 1. The molecule has 0 radical (unpaired) electrons. The Morgan fingerprint density at radius 3 is 2.59 bits per heavy atom. The van der Waals surface area contributed by atoms with Crippen LogP contribution in [0.4, 0.5) is 0 Å². The highest BCUT2D eigenvalue weighted by molar-refractivity contribution is 7.59. The topological polar surface area (TPSA) is 58.6 Å². The van der Waals surface area contributed by atoms with E-state index < -0.39 is 13.5 Å². The molecule has 1 saturated carbocycles. The van der Waals surface area contributed by atoms with Gasteiger partial charge in [-0.2, -0.15) is 0 Å². The monoisotopic (exact) mass is 435 g/mol. The van der Waals surface area contributed by atoms with Gasteiger partial charge in [-0.3, -0.25) is 4.57 Å². The van der Waals surface area contributed by atoms with Gasteiger partial charge in [0, 0.05) is 18.7 Å². The predicted octanol–water partition coefficient (Wildman–Crippen LogP) is 5.90. The first kappa shape index (κ1) is 23.2. The first-order valence-corrected chi connectivity index (χ1v) is 12.7. The lowest BCUT2D eigenvalue weighted by molar-refractivity contribution is 0.182. The van der Waals surface area contributed by atoms with E-state index in [0.29, 0.717) is 35.3 Å². The molecule has 0 amide bonds. The van der Waals surface area contributed by atoms with Crippen LogP contribution in [0.3, 0.4) is 0 Å². The number of aliphatic hydroxyl groups excluding tert-OH is 1. The molecule has 0 aliphatic heterocycles. The molecular formula is C20H32Cl2NO3P. The van der Waals surface area contributed by atoms with Crippen LogP contribution in [0.1, 0.15) is 57.6 Å². The molecule has 1 aromatic rings. The molecule has 4 nitrogen and oxygen atoms in total. The molecule has 1 aliphatic carbocycles. The maximum Gasteiger partial charge on any atom is 0.206 e. The molecule has 0 bridgehead atoms. The molecule has 0 heterocycles. The van der Waals surface area contributed by atoms with Gasteiger partial charge >= 0.3 is 0 Å². The third-order valence-corrected chi connectivity index (χ3v) is 8.74. The molecule has 3 atom stereocenters. The Bertz CT molecular complexity index is 638. The first-order valence-electron chi connectivity index (χ1n) is 9.92. The average molecular weight is 436 g/mol. The van der Waals surface area contributed by atoms with Crippen molar-refractivity contribution < 1.29 is 14.2 Å². The zero-order valence-corrected chi connectivity index (χ0v) is 18.7. The number of aliphatic hydroxyl groups is 1. The van der Waals surface area contributed by atoms with Crippen LogP contribution in [0.5, 0.6) is 0 Å². The number of hydrogen-bond acceptors (Lipinski definition) is 4. The van der Waals surface area contributed by atoms with Gasteiger partial charge in [-0.1, -0.05) is 48.5 Å². The van der Waals surface area contributed by atoms with Gasteiger partial charge in [-0.15, -0.1) is 0 Å². The van der Waals surface area contributed by atoms with Gasteiger partial charge < -0.3 is 14.9 Å². The van der Waals surface area contributed by atoms with Gasteiger partial charge in [0.2, 0.25) is 7.37 Å². The summed E-state index contributed by atoms with van der Waals surface area (Å²) >= 11 is 12.0. The second kappa shape index (κ2) is 11.2. The van der Waals surface area contributed by atoms with Crippen LogP contribution in [0.25, 0.3) is 0 Å². The highest BCUT2D eigenvalue weighted by Gasteiger charge is 2.31. The Hall–Kier alpha value is -0.0900. The molecule has 1 aromatic carbocycles. The summed E-state index contributed by atoms with van der Waals surface area (Å²) in [6.07, 6.45) is 6.04. The van der Waals surface area contributed by atoms with E-state index in [1.165, 1.54) is 19.3 Å². The third-order valence-electron chi connectivity index (χ3n) is 5.22. The van der Waals surface area contributed by atoms with E-state index in [4.69, 9.17) is 27.7 Å². The minimum atomic E-state index is -2.82. The van der Waals surface area contributed by atoms with Crippen molar-refractivity contribution in [1.82, 2.24) is 5.32 Å². The van der Waals surface area contributed by atoms with Crippen molar-refractivity contribution in [3.05, 3.63) is 33.8 Å². The van der Waals surface area contributed by atoms with Crippen LogP contribution in [0.15, 0.2) is 18.2 Å². The van der Waals surface area contributed by atoms with E-state index >= 15 is 0 Å². The van der Waals surface area contributed by atoms with E-state index in [1.54, 1.807) is 6.07 Å². The Labute approximate surface area is 173 Å². The Kier molecular flexibility index (Phi) is 9.61. The fraction of sp³-hybridized carbons (Fsp3) is 0.700. The number of benzene rings is 1. The lowest BCUT2D eigenvalue weighted by atomic mass is 9.91. The molecule has 1 aliphatic rings. The van der Waals surface area contributed by atoms with E-state index in [1.807, 2.05) is 26.0 Å². The molecule has 154 valence electrons. The summed E-state index contributed by atoms with van der Waals surface area (Å²) in [5.41, 5.74) is 0.992. The summed E-state index contributed by atoms with van der Waals surface area (Å²) < 4.78 is 18.9. The lowest BCUT2D eigenvalue weighted by Gasteiger charge is -2.28. The molecule has 2 N–H and O–H groups in total. The highest BCUT2D eigenvalue weighted by Crippen LogP contribution is 2.51. The Morgan fingerprint density at radius 1 is 1.26 bits per heavy atom. The van der Waals surface area contributed by atoms with Crippen LogP contribution in [-0.2, 0) is 9.09 Å². The molecule has 27 heavy (non-hydrogen) atoms. The normalized spacial score (nSPS) is 20.2. The molecule has 0 saturated heterocycles. The fourth-order valence-corrected chi connectivity index (χ4v) is 6.84. The number of hydrogen-bond donors (Lipinski definition) is 2. The SMILES string of the molecule is CCOP(=O)(CC1CCCCC1)C[C@@H](O)CNC(C)c1ccc(Cl)c(Cl)c1. The molecule has 2 rings (SSSR count). The maximum absolute atomic E-state index is 13.2. The summed E-state index contributed by atoms with van der Waals surface area (Å²) in [7, 11) is -2.82. The van der Waals surface area contributed by atoms with E-state index in [0.717, 1.165) is 18.4 Å². The smallest absolute Gasteiger partial charge is 0.206 e. The van der Waals surface area contributed by atoms with Gasteiger partial charge in [-0.25, -0.2) is 0 Å². The Balaban J connectivity index is 1.87. The van der Waals surface area contributed by atoms with Crippen LogP contribution >= 0.6 is 30.6 Å². The van der Waals surface area contributed by atoms with E-state index in [9.17, 15) is 9.67 Å². The van der Waals surface area contributed by atoms with Crippen molar-refractivity contribution in [2.45, 2.75) is 58.1 Å². The molecule has 0 spiro atoms. The summed E-state index contributed by atoms with van der Waals surface area (Å²) in [5.74, 6) is 0.464. The van der Waals surface area contributed by atoms with E-state index in [-0.39, 0.29) is 12.2 Å². The molecule has 0 aromatic heterocycles. The van der Waals surface area contributed by atoms with Gasteiger partial charge in [0.1, 0.15) is 0 Å². The van der Waals surface area contributed by atoms with Crippen LogP contribution in [0.2, 0.25) is 10.0 Å². The minimum Gasteiger partial charge on any atom is -0.391 e. The number of rotatable bonds is 10. The number of halogens is 2. The lowest BCUT2D eigenvalue weighted by Crippen LogP contribution is -2.32. The van der Waals surface area contributed by atoms with Crippen molar-refractivity contribution in [3.63, 3.8) is 0 Å². The standard InChI is InChI=1S/C20H32Cl2NO3P/c1-3-26-27(25,13-16-7-5-4-6-8-16)14-18(24)12-23-15(2)17-9-10-19(21)20(22)11-17/h9-11,15-16,18,23-24H,3-8,12-14H2,1-2H3/t15?,18-,27?/m0/s1. The Morgan fingerprint density at radius 2 is 1.96 bits per heavy atom.